The van der Waals surface area contributed by atoms with Gasteiger partial charge in [0.2, 0.25) is 0 Å². The van der Waals surface area contributed by atoms with Crippen molar-refractivity contribution >= 4 is 38.9 Å². The van der Waals surface area contributed by atoms with Crippen molar-refractivity contribution in [3.63, 3.8) is 0 Å². The average molecular weight is 383 g/mol. The summed E-state index contributed by atoms with van der Waals surface area (Å²) in [5, 5.41) is 8.94. The summed E-state index contributed by atoms with van der Waals surface area (Å²) in [5.41, 5.74) is 3.30. The monoisotopic (exact) mass is 383 g/mol. The van der Waals surface area contributed by atoms with Gasteiger partial charge < -0.3 is 5.32 Å². The summed E-state index contributed by atoms with van der Waals surface area (Å²) in [6.07, 6.45) is 0. The summed E-state index contributed by atoms with van der Waals surface area (Å²) in [4.78, 5) is 29.3. The van der Waals surface area contributed by atoms with Gasteiger partial charge in [0.25, 0.3) is 11.5 Å². The van der Waals surface area contributed by atoms with Crippen LogP contribution in [0, 0.1) is 6.92 Å². The Kier molecular flexibility index (Phi) is 3.70. The SMILES string of the molecule is Cc1nc2ccccc2c2c(NC(=O)c3ccc(=O)n(C)n3)c3ccccc3n12. The molecule has 0 atom stereocenters. The van der Waals surface area contributed by atoms with E-state index in [0.29, 0.717) is 5.69 Å². The summed E-state index contributed by atoms with van der Waals surface area (Å²) in [6, 6.07) is 18.5. The second kappa shape index (κ2) is 6.27. The molecule has 0 saturated heterocycles. The van der Waals surface area contributed by atoms with Gasteiger partial charge in [-0.25, -0.2) is 9.67 Å². The van der Waals surface area contributed by atoms with Gasteiger partial charge in [-0.05, 0) is 25.1 Å². The van der Waals surface area contributed by atoms with E-state index in [1.165, 1.54) is 19.2 Å². The number of amides is 1. The Morgan fingerprint density at radius 2 is 1.69 bits per heavy atom. The summed E-state index contributed by atoms with van der Waals surface area (Å²) in [5.74, 6) is 0.452. The smallest absolute Gasteiger partial charge is 0.276 e. The molecule has 0 fully saturated rings. The molecule has 1 N–H and O–H groups in total. The van der Waals surface area contributed by atoms with Gasteiger partial charge in [-0.15, -0.1) is 0 Å². The summed E-state index contributed by atoms with van der Waals surface area (Å²) in [7, 11) is 1.52. The molecule has 0 aliphatic rings. The van der Waals surface area contributed by atoms with Crippen LogP contribution in [0.4, 0.5) is 5.69 Å². The molecule has 0 spiro atoms. The molecule has 3 aromatic heterocycles. The number of fused-ring (bicyclic) bond motifs is 5. The maximum Gasteiger partial charge on any atom is 0.276 e. The zero-order valence-electron chi connectivity index (χ0n) is 15.9. The van der Waals surface area contributed by atoms with Crippen LogP contribution in [0.25, 0.3) is 27.3 Å². The Labute approximate surface area is 165 Å². The number of benzene rings is 2. The molecule has 7 nitrogen and oxygen atoms in total. The first-order chi connectivity index (χ1) is 14.0. The fraction of sp³-hybridized carbons (Fsp3) is 0.0909. The molecule has 0 radical (unpaired) electrons. The van der Waals surface area contributed by atoms with Gasteiger partial charge in [-0.1, -0.05) is 36.4 Å². The zero-order valence-corrected chi connectivity index (χ0v) is 15.9. The first-order valence-corrected chi connectivity index (χ1v) is 9.19. The van der Waals surface area contributed by atoms with Crippen LogP contribution < -0.4 is 10.9 Å². The number of rotatable bonds is 2. The van der Waals surface area contributed by atoms with Crippen LogP contribution in [-0.2, 0) is 7.05 Å². The lowest BCUT2D eigenvalue weighted by molar-refractivity contribution is 0.102. The second-order valence-electron chi connectivity index (χ2n) is 6.89. The van der Waals surface area contributed by atoms with Crippen LogP contribution in [0.5, 0.6) is 0 Å². The van der Waals surface area contributed by atoms with E-state index in [1.54, 1.807) is 0 Å². The molecule has 3 heterocycles. The minimum Gasteiger partial charge on any atom is -0.318 e. The maximum atomic E-state index is 13.0. The highest BCUT2D eigenvalue weighted by Crippen LogP contribution is 2.36. The van der Waals surface area contributed by atoms with Gasteiger partial charge in [-0.3, -0.25) is 14.0 Å². The molecular formula is C22H17N5O2. The van der Waals surface area contributed by atoms with Crippen molar-refractivity contribution < 1.29 is 4.79 Å². The van der Waals surface area contributed by atoms with Crippen molar-refractivity contribution in [2.45, 2.75) is 6.92 Å². The number of hydrogen-bond acceptors (Lipinski definition) is 4. The first-order valence-electron chi connectivity index (χ1n) is 9.19. The number of anilines is 1. The van der Waals surface area contributed by atoms with E-state index in [1.807, 2.05) is 55.5 Å². The Morgan fingerprint density at radius 3 is 2.48 bits per heavy atom. The van der Waals surface area contributed by atoms with Crippen LogP contribution in [-0.4, -0.2) is 25.1 Å². The molecule has 0 saturated carbocycles. The Morgan fingerprint density at radius 1 is 0.966 bits per heavy atom. The highest BCUT2D eigenvalue weighted by Gasteiger charge is 2.19. The van der Waals surface area contributed by atoms with Gasteiger partial charge in [-0.2, -0.15) is 5.10 Å². The second-order valence-corrected chi connectivity index (χ2v) is 6.89. The highest BCUT2D eigenvalue weighted by molar-refractivity contribution is 6.18. The molecule has 0 aliphatic heterocycles. The van der Waals surface area contributed by atoms with Crippen LogP contribution in [0.15, 0.2) is 65.5 Å². The molecule has 5 aromatic rings. The van der Waals surface area contributed by atoms with Crippen LogP contribution in [0.1, 0.15) is 16.3 Å². The molecule has 29 heavy (non-hydrogen) atoms. The van der Waals surface area contributed by atoms with Gasteiger partial charge in [0.1, 0.15) is 11.5 Å². The van der Waals surface area contributed by atoms with Gasteiger partial charge in [0.15, 0.2) is 0 Å². The predicted octanol–water partition coefficient (Wildman–Crippen LogP) is 3.30. The third-order valence-corrected chi connectivity index (χ3v) is 5.07. The highest BCUT2D eigenvalue weighted by atomic mass is 16.2. The third kappa shape index (κ3) is 2.59. The Balaban J connectivity index is 1.80. The van der Waals surface area contributed by atoms with E-state index < -0.39 is 0 Å². The topological polar surface area (TPSA) is 81.3 Å². The van der Waals surface area contributed by atoms with Crippen molar-refractivity contribution in [1.29, 1.82) is 0 Å². The van der Waals surface area contributed by atoms with Gasteiger partial charge in [0.05, 0.1) is 22.2 Å². The summed E-state index contributed by atoms with van der Waals surface area (Å²) >= 11 is 0. The largest absolute Gasteiger partial charge is 0.318 e. The number of hydrogen-bond donors (Lipinski definition) is 1. The van der Waals surface area contributed by atoms with Gasteiger partial charge >= 0.3 is 0 Å². The average Bonchev–Trinajstić information content (AvgIpc) is 3.05. The maximum absolute atomic E-state index is 13.0. The molecule has 0 aliphatic carbocycles. The Hall–Kier alpha value is -4.00. The van der Waals surface area contributed by atoms with E-state index in [4.69, 9.17) is 4.98 Å². The van der Waals surface area contributed by atoms with Crippen LogP contribution >= 0.6 is 0 Å². The lowest BCUT2D eigenvalue weighted by Crippen LogP contribution is -2.23. The number of nitrogens with zero attached hydrogens (tertiary/aromatic N) is 4. The molecule has 5 rings (SSSR count). The lowest BCUT2D eigenvalue weighted by atomic mass is 10.1. The van der Waals surface area contributed by atoms with Crippen molar-refractivity contribution in [3.05, 3.63) is 82.5 Å². The lowest BCUT2D eigenvalue weighted by Gasteiger charge is -2.09. The summed E-state index contributed by atoms with van der Waals surface area (Å²) < 4.78 is 3.20. The fourth-order valence-corrected chi connectivity index (χ4v) is 3.75. The van der Waals surface area contributed by atoms with Crippen molar-refractivity contribution in [1.82, 2.24) is 19.2 Å². The molecule has 0 bridgehead atoms. The predicted molar refractivity (Wildman–Crippen MR) is 112 cm³/mol. The summed E-state index contributed by atoms with van der Waals surface area (Å²) in [6.45, 7) is 1.95. The van der Waals surface area contributed by atoms with Crippen LogP contribution in [0.3, 0.4) is 0 Å². The number of carbonyl (C=O) groups excluding carboxylic acids is 1. The van der Waals surface area contributed by atoms with Crippen molar-refractivity contribution in [2.24, 2.45) is 7.05 Å². The van der Waals surface area contributed by atoms with E-state index in [0.717, 1.165) is 37.8 Å². The third-order valence-electron chi connectivity index (χ3n) is 5.07. The standard InChI is InChI=1S/C22H17N5O2/c1-13-23-16-9-5-3-7-14(16)21-20(15-8-4-6-10-18(15)27(13)21)24-22(29)17-11-12-19(28)26(2)25-17/h3-12H,1-2H3,(H,24,29). The Bertz CT molecular complexity index is 1500. The quantitative estimate of drug-likeness (QED) is 0.507. The minimum absolute atomic E-state index is 0.172. The molecular weight excluding hydrogens is 366 g/mol. The normalized spacial score (nSPS) is 11.4. The van der Waals surface area contributed by atoms with Crippen LogP contribution in [0.2, 0.25) is 0 Å². The zero-order chi connectivity index (χ0) is 20.1. The molecule has 7 heteroatoms. The van der Waals surface area contributed by atoms with Crippen molar-refractivity contribution in [2.75, 3.05) is 5.32 Å². The molecule has 1 amide bonds. The van der Waals surface area contributed by atoms with E-state index >= 15 is 0 Å². The van der Waals surface area contributed by atoms with E-state index in [-0.39, 0.29) is 17.2 Å². The minimum atomic E-state index is -0.377. The van der Waals surface area contributed by atoms with E-state index in [2.05, 4.69) is 14.8 Å². The first kappa shape index (κ1) is 17.1. The number of aryl methyl sites for hydroxylation is 2. The number of carbonyl (C=O) groups is 1. The number of para-hydroxylation sites is 2. The fourth-order valence-electron chi connectivity index (χ4n) is 3.75. The van der Waals surface area contributed by atoms with E-state index in [9.17, 15) is 9.59 Å². The van der Waals surface area contributed by atoms with Gasteiger partial charge in [0, 0.05) is 23.9 Å². The molecule has 0 unspecified atom stereocenters. The number of aromatic nitrogens is 4. The number of nitrogens with one attached hydrogen (secondary N) is 1. The molecule has 2 aromatic carbocycles. The molecule has 142 valence electrons. The van der Waals surface area contributed by atoms with Crippen molar-refractivity contribution in [3.8, 4) is 0 Å².